The van der Waals surface area contributed by atoms with Gasteiger partial charge in [-0.3, -0.25) is 5.32 Å². The SMILES string of the molecule is Cc1ccc(C2CNC(Oc3ccccc3)C23CCCN(C(=O)OC(C)(C)C)C3)cc1. The van der Waals surface area contributed by atoms with E-state index in [-0.39, 0.29) is 23.7 Å². The minimum Gasteiger partial charge on any atom is -0.475 e. The van der Waals surface area contributed by atoms with Crippen LogP contribution >= 0.6 is 0 Å². The largest absolute Gasteiger partial charge is 0.475 e. The molecule has 0 radical (unpaired) electrons. The number of para-hydroxylation sites is 1. The normalized spacial score (nSPS) is 26.1. The number of rotatable bonds is 3. The first-order chi connectivity index (χ1) is 14.8. The molecule has 0 aromatic heterocycles. The third-order valence-electron chi connectivity index (χ3n) is 6.41. The lowest BCUT2D eigenvalue weighted by Crippen LogP contribution is -2.55. The van der Waals surface area contributed by atoms with Crippen molar-refractivity contribution in [3.8, 4) is 5.75 Å². The molecule has 2 aliphatic heterocycles. The average molecular weight is 423 g/mol. The molecule has 0 bridgehead atoms. The van der Waals surface area contributed by atoms with Crippen LogP contribution in [-0.4, -0.2) is 42.5 Å². The van der Waals surface area contributed by atoms with Gasteiger partial charge in [0.05, 0.1) is 0 Å². The molecule has 5 nitrogen and oxygen atoms in total. The lowest BCUT2D eigenvalue weighted by Gasteiger charge is -2.46. The second-order valence-electron chi connectivity index (χ2n) is 9.92. The van der Waals surface area contributed by atoms with E-state index >= 15 is 0 Å². The van der Waals surface area contributed by atoms with Crippen LogP contribution in [0.25, 0.3) is 0 Å². The zero-order chi connectivity index (χ0) is 22.1. The van der Waals surface area contributed by atoms with Gasteiger partial charge in [-0.05, 0) is 58.2 Å². The number of aryl methyl sites for hydroxylation is 1. The molecule has 3 unspecified atom stereocenters. The van der Waals surface area contributed by atoms with Crippen molar-refractivity contribution in [3.05, 3.63) is 65.7 Å². The van der Waals surface area contributed by atoms with Crippen LogP contribution in [-0.2, 0) is 4.74 Å². The second kappa shape index (κ2) is 8.54. The van der Waals surface area contributed by atoms with Gasteiger partial charge in [-0.15, -0.1) is 0 Å². The summed E-state index contributed by atoms with van der Waals surface area (Å²) in [5.74, 6) is 1.10. The first-order valence-electron chi connectivity index (χ1n) is 11.3. The van der Waals surface area contributed by atoms with Gasteiger partial charge in [-0.25, -0.2) is 4.79 Å². The Morgan fingerprint density at radius 1 is 1.10 bits per heavy atom. The Morgan fingerprint density at radius 3 is 2.48 bits per heavy atom. The van der Waals surface area contributed by atoms with E-state index in [1.54, 1.807) is 0 Å². The lowest BCUT2D eigenvalue weighted by atomic mass is 9.68. The molecule has 2 heterocycles. The highest BCUT2D eigenvalue weighted by Crippen LogP contribution is 2.49. The highest BCUT2D eigenvalue weighted by atomic mass is 16.6. The summed E-state index contributed by atoms with van der Waals surface area (Å²) in [6, 6.07) is 18.7. The smallest absolute Gasteiger partial charge is 0.410 e. The van der Waals surface area contributed by atoms with Gasteiger partial charge in [0.15, 0.2) is 6.23 Å². The second-order valence-corrected chi connectivity index (χ2v) is 9.92. The van der Waals surface area contributed by atoms with Crippen LogP contribution in [0.3, 0.4) is 0 Å². The van der Waals surface area contributed by atoms with Crippen molar-refractivity contribution < 1.29 is 14.3 Å². The van der Waals surface area contributed by atoms with E-state index in [0.29, 0.717) is 6.54 Å². The average Bonchev–Trinajstić information content (AvgIpc) is 3.05. The summed E-state index contributed by atoms with van der Waals surface area (Å²) in [7, 11) is 0. The van der Waals surface area contributed by atoms with Crippen molar-refractivity contribution >= 4 is 6.09 Å². The molecule has 1 spiro atoms. The number of carbonyl (C=O) groups excluding carboxylic acids is 1. The number of piperidine rings is 1. The molecule has 1 amide bonds. The van der Waals surface area contributed by atoms with E-state index in [2.05, 4.69) is 36.5 Å². The van der Waals surface area contributed by atoms with Gasteiger partial charge in [0.25, 0.3) is 0 Å². The molecule has 5 heteroatoms. The molecule has 2 saturated heterocycles. The first-order valence-corrected chi connectivity index (χ1v) is 11.3. The van der Waals surface area contributed by atoms with E-state index in [4.69, 9.17) is 9.47 Å². The van der Waals surface area contributed by atoms with Crippen LogP contribution in [0.1, 0.15) is 50.7 Å². The quantitative estimate of drug-likeness (QED) is 0.747. The summed E-state index contributed by atoms with van der Waals surface area (Å²) < 4.78 is 12.2. The lowest BCUT2D eigenvalue weighted by molar-refractivity contribution is -0.0301. The van der Waals surface area contributed by atoms with Crippen molar-refractivity contribution in [2.45, 2.75) is 58.3 Å². The summed E-state index contributed by atoms with van der Waals surface area (Å²) in [6.45, 7) is 10.0. The molecule has 1 N–H and O–H groups in total. The van der Waals surface area contributed by atoms with Crippen molar-refractivity contribution in [1.29, 1.82) is 0 Å². The first kappa shape index (κ1) is 21.7. The molecule has 0 saturated carbocycles. The van der Waals surface area contributed by atoms with Crippen LogP contribution in [0.2, 0.25) is 0 Å². The summed E-state index contributed by atoms with van der Waals surface area (Å²) in [4.78, 5) is 14.8. The number of benzene rings is 2. The number of hydrogen-bond donors (Lipinski definition) is 1. The molecule has 2 aromatic carbocycles. The third kappa shape index (κ3) is 4.72. The maximum absolute atomic E-state index is 12.9. The number of ether oxygens (including phenoxy) is 2. The Hall–Kier alpha value is -2.53. The third-order valence-corrected chi connectivity index (χ3v) is 6.41. The van der Waals surface area contributed by atoms with Gasteiger partial charge < -0.3 is 14.4 Å². The summed E-state index contributed by atoms with van der Waals surface area (Å²) >= 11 is 0. The van der Waals surface area contributed by atoms with Gasteiger partial charge in [-0.2, -0.15) is 0 Å². The molecule has 3 atom stereocenters. The zero-order valence-corrected chi connectivity index (χ0v) is 19.1. The number of carbonyl (C=O) groups is 1. The Bertz CT molecular complexity index is 891. The predicted molar refractivity (Wildman–Crippen MR) is 122 cm³/mol. The van der Waals surface area contributed by atoms with E-state index in [0.717, 1.165) is 31.7 Å². The van der Waals surface area contributed by atoms with Gasteiger partial charge in [-0.1, -0.05) is 48.0 Å². The fraction of sp³-hybridized carbons (Fsp3) is 0.500. The standard InChI is InChI=1S/C26H34N2O3/c1-19-11-13-20(14-12-19)22-17-27-23(30-21-9-6-5-7-10-21)26(22)15-8-16-28(18-26)24(29)31-25(2,3)4/h5-7,9-14,22-23,27H,8,15-18H2,1-4H3. The van der Waals surface area contributed by atoms with Crippen LogP contribution < -0.4 is 10.1 Å². The summed E-state index contributed by atoms with van der Waals surface area (Å²) in [5, 5.41) is 3.64. The van der Waals surface area contributed by atoms with Crippen molar-refractivity contribution in [1.82, 2.24) is 10.2 Å². The molecular weight excluding hydrogens is 388 g/mol. The fourth-order valence-corrected chi connectivity index (χ4v) is 4.95. The maximum Gasteiger partial charge on any atom is 0.410 e. The minimum atomic E-state index is -0.508. The number of hydrogen-bond acceptors (Lipinski definition) is 4. The molecule has 2 aromatic rings. The van der Waals surface area contributed by atoms with Gasteiger partial charge >= 0.3 is 6.09 Å². The van der Waals surface area contributed by atoms with Gasteiger partial charge in [0.2, 0.25) is 0 Å². The van der Waals surface area contributed by atoms with Crippen LogP contribution in [0.5, 0.6) is 5.75 Å². The highest BCUT2D eigenvalue weighted by Gasteiger charge is 2.55. The van der Waals surface area contributed by atoms with Crippen molar-refractivity contribution in [2.24, 2.45) is 5.41 Å². The molecule has 2 fully saturated rings. The molecule has 0 aliphatic carbocycles. The zero-order valence-electron chi connectivity index (χ0n) is 19.1. The van der Waals surface area contributed by atoms with Crippen molar-refractivity contribution in [3.63, 3.8) is 0 Å². The summed E-state index contributed by atoms with van der Waals surface area (Å²) in [5.41, 5.74) is 1.81. The molecule has 4 rings (SSSR count). The van der Waals surface area contributed by atoms with Crippen molar-refractivity contribution in [2.75, 3.05) is 19.6 Å². The van der Waals surface area contributed by atoms with E-state index in [1.165, 1.54) is 11.1 Å². The highest BCUT2D eigenvalue weighted by molar-refractivity contribution is 5.68. The van der Waals surface area contributed by atoms with E-state index in [9.17, 15) is 4.79 Å². The van der Waals surface area contributed by atoms with Crippen LogP contribution in [0.15, 0.2) is 54.6 Å². The van der Waals surface area contributed by atoms with E-state index < -0.39 is 5.60 Å². The minimum absolute atomic E-state index is 0.175. The maximum atomic E-state index is 12.9. The fourth-order valence-electron chi connectivity index (χ4n) is 4.95. The predicted octanol–water partition coefficient (Wildman–Crippen LogP) is 5.10. The van der Waals surface area contributed by atoms with Crippen LogP contribution in [0.4, 0.5) is 4.79 Å². The van der Waals surface area contributed by atoms with E-state index in [1.807, 2.05) is 56.0 Å². The number of likely N-dealkylation sites (tertiary alicyclic amines) is 1. The Morgan fingerprint density at radius 2 is 1.81 bits per heavy atom. The monoisotopic (exact) mass is 422 g/mol. The number of amides is 1. The number of nitrogens with zero attached hydrogens (tertiary/aromatic N) is 1. The molecule has 2 aliphatic rings. The van der Waals surface area contributed by atoms with Crippen LogP contribution in [0, 0.1) is 12.3 Å². The summed E-state index contributed by atoms with van der Waals surface area (Å²) in [6.07, 6.45) is 1.51. The number of nitrogens with one attached hydrogen (secondary N) is 1. The molecule has 31 heavy (non-hydrogen) atoms. The van der Waals surface area contributed by atoms with Gasteiger partial charge in [0, 0.05) is 31.0 Å². The Balaban J connectivity index is 1.65. The molecule has 166 valence electrons. The topological polar surface area (TPSA) is 50.8 Å². The molecular formula is C26H34N2O3. The Labute approximate surface area is 185 Å². The van der Waals surface area contributed by atoms with Gasteiger partial charge in [0.1, 0.15) is 11.4 Å². The Kier molecular flexibility index (Phi) is 5.98.